The number of aliphatic hydroxyl groups excluding tert-OH is 2. The highest BCUT2D eigenvalue weighted by Gasteiger charge is 2.60. The molecule has 1 aliphatic heterocycles. The molecule has 32 heavy (non-hydrogen) atoms. The lowest BCUT2D eigenvalue weighted by atomic mass is 10.2. The van der Waals surface area contributed by atoms with Crippen LogP contribution >= 0.6 is 35.7 Å². The summed E-state index contributed by atoms with van der Waals surface area (Å²) in [7, 11) is -17.8. The number of aromatic nitrogens is 2. The molecule has 0 amide bonds. The third-order valence-electron chi connectivity index (χ3n) is 3.32. The number of hydrogen-bond donors (Lipinski definition) is 7. The fraction of sp³-hybridized carbons (Fsp3) is 0.500. The van der Waals surface area contributed by atoms with E-state index in [1.807, 2.05) is 4.98 Å². The summed E-state index contributed by atoms with van der Waals surface area (Å²) < 4.78 is 63.4. The fourth-order valence-electron chi connectivity index (χ4n) is 2.26. The van der Waals surface area contributed by atoms with Gasteiger partial charge in [0, 0.05) is 4.91 Å². The first-order chi connectivity index (χ1) is 14.4. The van der Waals surface area contributed by atoms with Crippen molar-refractivity contribution in [2.75, 3.05) is 0 Å². The van der Waals surface area contributed by atoms with Crippen LogP contribution in [0.2, 0.25) is 0 Å². The zero-order chi connectivity index (χ0) is 24.7. The lowest BCUT2D eigenvalue weighted by molar-refractivity contribution is -0.222. The molecule has 3 unspecified atom stereocenters. The second-order valence-corrected chi connectivity index (χ2v) is 10.3. The number of H-pyrrole nitrogens is 1. The Labute approximate surface area is 178 Å². The van der Waals surface area contributed by atoms with Crippen molar-refractivity contribution >= 4 is 35.7 Å². The molecule has 19 nitrogen and oxygen atoms in total. The number of hydrogen-bond acceptors (Lipinski definition) is 12. The molecule has 1 aromatic heterocycles. The van der Waals surface area contributed by atoms with E-state index in [1.54, 1.807) is 0 Å². The molecule has 24 heteroatoms. The van der Waals surface area contributed by atoms with Crippen LogP contribution in [-0.4, -0.2) is 57.5 Å². The summed E-state index contributed by atoms with van der Waals surface area (Å²) in [6, 6.07) is 0. The maximum Gasteiger partial charge on any atom is 0.490 e. The number of aromatic amines is 1. The number of ether oxygens (including phenoxy) is 1. The zero-order valence-electron chi connectivity index (χ0n) is 14.7. The van der Waals surface area contributed by atoms with Crippen LogP contribution in [0.25, 0.3) is 10.4 Å². The molecule has 1 aliphatic rings. The van der Waals surface area contributed by atoms with Crippen molar-refractivity contribution in [3.8, 4) is 0 Å². The minimum Gasteiger partial charge on any atom is -0.385 e. The van der Waals surface area contributed by atoms with Gasteiger partial charge in [0.15, 0.2) is 12.0 Å². The predicted octanol–water partition coefficient (Wildman–Crippen LogP) is -0.397. The molecule has 0 saturated carbocycles. The molecule has 1 saturated heterocycles. The van der Waals surface area contributed by atoms with Crippen LogP contribution in [0.1, 0.15) is 6.23 Å². The van der Waals surface area contributed by atoms with Crippen molar-refractivity contribution in [1.82, 2.24) is 9.55 Å². The van der Waals surface area contributed by atoms with Crippen molar-refractivity contribution in [3.05, 3.63) is 37.6 Å². The first kappa shape index (κ1) is 26.9. The third kappa shape index (κ3) is 6.15. The van der Waals surface area contributed by atoms with Gasteiger partial charge in [-0.1, -0.05) is 12.2 Å². The standard InChI is InChI=1S/C8H11FN5O14P3S/c9-2-1-14(7(17)11-5(2)32)6-3(15)4(16)8(25-6,12-13-10)26-30(21,22)28-31(23,24)27-29(18,19)20/h1,3-4,6,15-16H,(H,21,22)(H,23,24)(H,11,17,32)(H2,18,19,20)/t3?,4-,6-,8+/m1/s1. The Bertz CT molecular complexity index is 1210. The average molecular weight is 545 g/mol. The van der Waals surface area contributed by atoms with Crippen molar-refractivity contribution in [2.45, 2.75) is 24.3 Å². The maximum absolute atomic E-state index is 13.7. The highest BCUT2D eigenvalue weighted by molar-refractivity contribution is 7.71. The number of halogens is 1. The number of azide groups is 1. The normalized spacial score (nSPS) is 29.7. The van der Waals surface area contributed by atoms with Gasteiger partial charge in [0.1, 0.15) is 16.8 Å². The zero-order valence-corrected chi connectivity index (χ0v) is 18.2. The second-order valence-electron chi connectivity index (χ2n) is 5.59. The Morgan fingerprint density at radius 2 is 1.84 bits per heavy atom. The summed E-state index contributed by atoms with van der Waals surface area (Å²) in [5.74, 6) is -4.69. The van der Waals surface area contributed by atoms with Gasteiger partial charge < -0.3 is 34.5 Å². The summed E-state index contributed by atoms with van der Waals surface area (Å²) in [6.45, 7) is 0. The predicted molar refractivity (Wildman–Crippen MR) is 94.8 cm³/mol. The summed E-state index contributed by atoms with van der Waals surface area (Å²) in [5.41, 5.74) is 7.45. The fourth-order valence-corrected chi connectivity index (χ4v) is 5.55. The van der Waals surface area contributed by atoms with Crippen LogP contribution < -0.4 is 5.69 Å². The lowest BCUT2D eigenvalue weighted by Gasteiger charge is -2.28. The lowest BCUT2D eigenvalue weighted by Crippen LogP contribution is -2.43. The number of rotatable bonds is 8. The van der Waals surface area contributed by atoms with Crippen LogP contribution in [0.3, 0.4) is 0 Å². The average Bonchev–Trinajstić information content (AvgIpc) is 2.80. The van der Waals surface area contributed by atoms with Crippen LogP contribution in [-0.2, 0) is 31.6 Å². The smallest absolute Gasteiger partial charge is 0.385 e. The molecule has 1 fully saturated rings. The number of aliphatic hydroxyl groups is 2. The molecule has 7 N–H and O–H groups in total. The largest absolute Gasteiger partial charge is 0.490 e. The molecule has 6 atom stereocenters. The number of phosphoric ester groups is 1. The summed E-state index contributed by atoms with van der Waals surface area (Å²) in [4.78, 5) is 51.7. The molecule has 1 aromatic rings. The summed E-state index contributed by atoms with van der Waals surface area (Å²) >= 11 is 4.48. The Kier molecular flexibility index (Phi) is 7.65. The van der Waals surface area contributed by atoms with Gasteiger partial charge in [-0.2, -0.15) is 8.62 Å². The van der Waals surface area contributed by atoms with E-state index in [4.69, 9.17) is 24.9 Å². The van der Waals surface area contributed by atoms with Gasteiger partial charge in [0.05, 0.1) is 6.20 Å². The molecule has 0 spiro atoms. The van der Waals surface area contributed by atoms with Gasteiger partial charge in [-0.15, -0.1) is 0 Å². The molecule has 0 radical (unpaired) electrons. The van der Waals surface area contributed by atoms with Crippen LogP contribution in [0.15, 0.2) is 16.1 Å². The molecule has 0 aromatic carbocycles. The Balaban J connectivity index is 2.44. The summed E-state index contributed by atoms with van der Waals surface area (Å²) in [5, 5.41) is 23.0. The first-order valence-corrected chi connectivity index (χ1v) is 12.3. The van der Waals surface area contributed by atoms with Gasteiger partial charge in [0.25, 0.3) is 5.91 Å². The van der Waals surface area contributed by atoms with E-state index in [2.05, 4.69) is 35.4 Å². The Hall–Kier alpha value is -1.37. The van der Waals surface area contributed by atoms with E-state index >= 15 is 0 Å². The van der Waals surface area contributed by atoms with Crippen molar-refractivity contribution < 1.29 is 65.8 Å². The van der Waals surface area contributed by atoms with E-state index < -0.39 is 64.0 Å². The highest BCUT2D eigenvalue weighted by Crippen LogP contribution is 2.67. The molecular weight excluding hydrogens is 534 g/mol. The highest BCUT2D eigenvalue weighted by atomic mass is 32.1. The number of nitrogens with one attached hydrogen (secondary N) is 1. The van der Waals surface area contributed by atoms with Crippen molar-refractivity contribution in [3.63, 3.8) is 0 Å². The van der Waals surface area contributed by atoms with Gasteiger partial charge in [-0.3, -0.25) is 9.55 Å². The Morgan fingerprint density at radius 3 is 2.38 bits per heavy atom. The second kappa shape index (κ2) is 9.11. The van der Waals surface area contributed by atoms with Gasteiger partial charge in [-0.05, 0) is 10.6 Å². The van der Waals surface area contributed by atoms with E-state index in [0.717, 1.165) is 0 Å². The molecular formula is C8H11FN5O14P3S. The first-order valence-electron chi connectivity index (χ1n) is 7.38. The maximum atomic E-state index is 13.7. The molecule has 0 aliphatic carbocycles. The minimum atomic E-state index is -6.08. The molecule has 2 heterocycles. The van der Waals surface area contributed by atoms with Gasteiger partial charge in [0.2, 0.25) is 0 Å². The quantitative estimate of drug-likeness (QED) is 0.0719. The van der Waals surface area contributed by atoms with Crippen LogP contribution in [0.5, 0.6) is 0 Å². The third-order valence-corrected chi connectivity index (χ3v) is 7.44. The van der Waals surface area contributed by atoms with Crippen LogP contribution in [0, 0.1) is 10.5 Å². The van der Waals surface area contributed by atoms with Crippen LogP contribution in [0.4, 0.5) is 4.39 Å². The number of nitrogens with zero attached hydrogens (tertiary/aromatic N) is 4. The monoisotopic (exact) mass is 545 g/mol. The van der Waals surface area contributed by atoms with Gasteiger partial charge >= 0.3 is 29.2 Å². The van der Waals surface area contributed by atoms with Crippen molar-refractivity contribution in [2.24, 2.45) is 5.11 Å². The van der Waals surface area contributed by atoms with Gasteiger partial charge in [-0.25, -0.2) is 27.4 Å². The summed E-state index contributed by atoms with van der Waals surface area (Å²) in [6.07, 6.45) is -6.75. The number of phosphoric acid groups is 3. The topological polar surface area (TPSA) is 296 Å². The molecule has 0 bridgehead atoms. The van der Waals surface area contributed by atoms with E-state index in [0.29, 0.717) is 6.20 Å². The van der Waals surface area contributed by atoms with E-state index in [1.165, 1.54) is 0 Å². The van der Waals surface area contributed by atoms with E-state index in [-0.39, 0.29) is 4.57 Å². The molecule has 180 valence electrons. The molecule has 2 rings (SSSR count). The Morgan fingerprint density at radius 1 is 1.25 bits per heavy atom. The SMILES string of the molecule is [N-]=[N+]=N[C@]1(OP(=O)(O)OP(=O)(O)OP(=O)(O)O)O[C@@H](n2cc(F)c(=S)[nH]c2=O)C(O)[C@H]1O. The van der Waals surface area contributed by atoms with E-state index in [9.17, 15) is 38.0 Å². The minimum absolute atomic E-state index is 0.244. The van der Waals surface area contributed by atoms with Crippen molar-refractivity contribution in [1.29, 1.82) is 0 Å².